The van der Waals surface area contributed by atoms with Crippen LogP contribution in [0.4, 0.5) is 11.4 Å². The predicted octanol–water partition coefficient (Wildman–Crippen LogP) is 1.96. The van der Waals surface area contributed by atoms with Crippen LogP contribution in [0.15, 0.2) is 16.6 Å². The minimum absolute atomic E-state index is 0.236. The summed E-state index contributed by atoms with van der Waals surface area (Å²) >= 11 is 3.38. The number of amides is 1. The number of hydrogen-bond donors (Lipinski definition) is 3. The Morgan fingerprint density at radius 2 is 2.18 bits per heavy atom. The molecule has 1 atom stereocenters. The van der Waals surface area contributed by atoms with E-state index in [1.807, 2.05) is 13.0 Å². The van der Waals surface area contributed by atoms with Crippen LogP contribution in [0.5, 0.6) is 0 Å². The van der Waals surface area contributed by atoms with Crippen LogP contribution in [0.1, 0.15) is 12.0 Å². The Labute approximate surface area is 106 Å². The number of carboxylic acids is 1. The topological polar surface area (TPSA) is 78.4 Å². The Balaban J connectivity index is 2.31. The van der Waals surface area contributed by atoms with Gasteiger partial charge in [0, 0.05) is 4.47 Å². The Morgan fingerprint density at radius 1 is 1.47 bits per heavy atom. The number of nitrogens with one attached hydrogen (secondary N) is 2. The third kappa shape index (κ3) is 2.41. The van der Waals surface area contributed by atoms with Gasteiger partial charge in [0.2, 0.25) is 5.91 Å². The van der Waals surface area contributed by atoms with Crippen molar-refractivity contribution < 1.29 is 14.7 Å². The minimum Gasteiger partial charge on any atom is -0.481 e. The lowest BCUT2D eigenvalue weighted by atomic mass is 10.1. The molecule has 0 fully saturated rings. The molecule has 3 N–H and O–H groups in total. The normalized spacial score (nSPS) is 18.0. The minimum atomic E-state index is -1.00. The molecule has 2 rings (SSSR count). The fourth-order valence-corrected chi connectivity index (χ4v) is 2.04. The van der Waals surface area contributed by atoms with E-state index in [0.29, 0.717) is 5.69 Å². The van der Waals surface area contributed by atoms with Crippen molar-refractivity contribution in [3.05, 3.63) is 22.2 Å². The van der Waals surface area contributed by atoms with Crippen molar-refractivity contribution in [2.75, 3.05) is 10.6 Å². The van der Waals surface area contributed by atoms with E-state index >= 15 is 0 Å². The summed E-state index contributed by atoms with van der Waals surface area (Å²) in [5, 5.41) is 14.3. The largest absolute Gasteiger partial charge is 0.481 e. The van der Waals surface area contributed by atoms with E-state index in [4.69, 9.17) is 5.11 Å². The van der Waals surface area contributed by atoms with Crippen LogP contribution < -0.4 is 10.6 Å². The molecule has 0 saturated carbocycles. The van der Waals surface area contributed by atoms with Crippen LogP contribution in [0.2, 0.25) is 0 Å². The Kier molecular flexibility index (Phi) is 3.06. The molecular weight excluding hydrogens is 288 g/mol. The maximum absolute atomic E-state index is 11.6. The molecule has 1 aliphatic rings. The van der Waals surface area contributed by atoms with Gasteiger partial charge in [0.25, 0.3) is 0 Å². The lowest BCUT2D eigenvalue weighted by Crippen LogP contribution is -2.40. The van der Waals surface area contributed by atoms with E-state index in [0.717, 1.165) is 15.7 Å². The maximum atomic E-state index is 11.6. The van der Waals surface area contributed by atoms with Gasteiger partial charge >= 0.3 is 5.97 Å². The van der Waals surface area contributed by atoms with Crippen molar-refractivity contribution >= 4 is 39.2 Å². The second-order valence-electron chi connectivity index (χ2n) is 3.93. The first-order chi connectivity index (χ1) is 7.97. The van der Waals surface area contributed by atoms with E-state index in [2.05, 4.69) is 26.6 Å². The van der Waals surface area contributed by atoms with E-state index in [9.17, 15) is 9.59 Å². The first-order valence-corrected chi connectivity index (χ1v) is 5.86. The van der Waals surface area contributed by atoms with Gasteiger partial charge in [0.15, 0.2) is 0 Å². The highest BCUT2D eigenvalue weighted by Crippen LogP contribution is 2.32. The molecule has 17 heavy (non-hydrogen) atoms. The van der Waals surface area contributed by atoms with Gasteiger partial charge in [-0.2, -0.15) is 0 Å². The average molecular weight is 299 g/mol. The second kappa shape index (κ2) is 4.37. The van der Waals surface area contributed by atoms with Crippen molar-refractivity contribution in [3.63, 3.8) is 0 Å². The number of hydrogen-bond acceptors (Lipinski definition) is 3. The van der Waals surface area contributed by atoms with Crippen LogP contribution in [0.3, 0.4) is 0 Å². The fraction of sp³-hybridized carbons (Fsp3) is 0.273. The number of carbonyl (C=O) groups is 2. The molecule has 0 saturated heterocycles. The number of rotatable bonds is 2. The Morgan fingerprint density at radius 3 is 2.82 bits per heavy atom. The van der Waals surface area contributed by atoms with E-state index in [-0.39, 0.29) is 12.3 Å². The average Bonchev–Trinajstić information content (AvgIpc) is 2.22. The van der Waals surface area contributed by atoms with Crippen molar-refractivity contribution in [3.8, 4) is 0 Å². The summed E-state index contributed by atoms with van der Waals surface area (Å²) in [5.74, 6) is -1.33. The summed E-state index contributed by atoms with van der Waals surface area (Å²) in [6.45, 7) is 1.93. The SMILES string of the molecule is Cc1cc2c(cc1Br)NC(=O)C(CC(=O)O)N2. The van der Waals surface area contributed by atoms with Crippen LogP contribution >= 0.6 is 15.9 Å². The highest BCUT2D eigenvalue weighted by Gasteiger charge is 2.27. The summed E-state index contributed by atoms with van der Waals surface area (Å²) in [6, 6.07) is 2.95. The number of carboxylic acid groups (broad SMARTS) is 1. The quantitative estimate of drug-likeness (QED) is 0.780. The van der Waals surface area contributed by atoms with Gasteiger partial charge in [0.05, 0.1) is 17.8 Å². The zero-order chi connectivity index (χ0) is 12.6. The molecule has 5 nitrogen and oxygen atoms in total. The number of benzene rings is 1. The summed E-state index contributed by atoms with van der Waals surface area (Å²) in [6.07, 6.45) is -0.236. The lowest BCUT2D eigenvalue weighted by molar-refractivity contribution is -0.138. The molecule has 0 spiro atoms. The molecule has 0 radical (unpaired) electrons. The summed E-state index contributed by atoms with van der Waals surface area (Å²) in [7, 11) is 0. The summed E-state index contributed by atoms with van der Waals surface area (Å²) < 4.78 is 0.898. The fourth-order valence-electron chi connectivity index (χ4n) is 1.70. The highest BCUT2D eigenvalue weighted by molar-refractivity contribution is 9.10. The van der Waals surface area contributed by atoms with E-state index < -0.39 is 12.0 Å². The molecule has 1 amide bonds. The van der Waals surface area contributed by atoms with Crippen molar-refractivity contribution in [1.29, 1.82) is 0 Å². The van der Waals surface area contributed by atoms with Gasteiger partial charge in [0.1, 0.15) is 6.04 Å². The third-order valence-corrected chi connectivity index (χ3v) is 3.44. The molecule has 0 aromatic heterocycles. The molecule has 90 valence electrons. The zero-order valence-electron chi connectivity index (χ0n) is 9.08. The highest BCUT2D eigenvalue weighted by atomic mass is 79.9. The Bertz CT molecular complexity index is 502. The summed E-state index contributed by atoms with van der Waals surface area (Å²) in [5.41, 5.74) is 2.42. The van der Waals surface area contributed by atoms with Crippen molar-refractivity contribution in [2.24, 2.45) is 0 Å². The smallest absolute Gasteiger partial charge is 0.305 e. The number of anilines is 2. The van der Waals surface area contributed by atoms with Gasteiger partial charge in [-0.3, -0.25) is 9.59 Å². The monoisotopic (exact) mass is 298 g/mol. The number of fused-ring (bicyclic) bond motifs is 1. The molecule has 1 unspecified atom stereocenters. The van der Waals surface area contributed by atoms with E-state index in [1.165, 1.54) is 0 Å². The van der Waals surface area contributed by atoms with Crippen LogP contribution in [0, 0.1) is 6.92 Å². The molecule has 1 aromatic carbocycles. The molecular formula is C11H11BrN2O3. The van der Waals surface area contributed by atoms with Gasteiger partial charge in [-0.1, -0.05) is 15.9 Å². The van der Waals surface area contributed by atoms with Crippen LogP contribution in [0.25, 0.3) is 0 Å². The first kappa shape index (κ1) is 11.9. The van der Waals surface area contributed by atoms with Crippen LogP contribution in [-0.2, 0) is 9.59 Å². The number of halogens is 1. The molecule has 6 heteroatoms. The predicted molar refractivity (Wildman–Crippen MR) is 67.2 cm³/mol. The first-order valence-electron chi connectivity index (χ1n) is 5.06. The van der Waals surface area contributed by atoms with Gasteiger partial charge in [-0.15, -0.1) is 0 Å². The maximum Gasteiger partial charge on any atom is 0.305 e. The van der Waals surface area contributed by atoms with Crippen molar-refractivity contribution in [2.45, 2.75) is 19.4 Å². The molecule has 0 aliphatic carbocycles. The molecule has 1 heterocycles. The molecule has 0 bridgehead atoms. The Hall–Kier alpha value is -1.56. The second-order valence-corrected chi connectivity index (χ2v) is 4.79. The zero-order valence-corrected chi connectivity index (χ0v) is 10.7. The third-order valence-electron chi connectivity index (χ3n) is 2.58. The molecule has 1 aliphatic heterocycles. The van der Waals surface area contributed by atoms with Crippen LogP contribution in [-0.4, -0.2) is 23.0 Å². The lowest BCUT2D eigenvalue weighted by Gasteiger charge is -2.26. The summed E-state index contributed by atoms with van der Waals surface area (Å²) in [4.78, 5) is 22.3. The number of aryl methyl sites for hydroxylation is 1. The number of carbonyl (C=O) groups excluding carboxylic acids is 1. The van der Waals surface area contributed by atoms with E-state index in [1.54, 1.807) is 6.07 Å². The van der Waals surface area contributed by atoms with Gasteiger partial charge < -0.3 is 15.7 Å². The standard InChI is InChI=1S/C11H11BrN2O3/c1-5-2-7-8(3-6(5)12)14-11(17)9(13-7)4-10(15)16/h2-3,9,13H,4H2,1H3,(H,14,17)(H,15,16). The van der Waals surface area contributed by atoms with Gasteiger partial charge in [-0.05, 0) is 24.6 Å². The molecule has 1 aromatic rings. The number of aliphatic carboxylic acids is 1. The van der Waals surface area contributed by atoms with Crippen molar-refractivity contribution in [1.82, 2.24) is 0 Å². The van der Waals surface area contributed by atoms with Gasteiger partial charge in [-0.25, -0.2) is 0 Å².